The quantitative estimate of drug-likeness (QED) is 0.616. The lowest BCUT2D eigenvalue weighted by atomic mass is 9.88. The predicted octanol–water partition coefficient (Wildman–Crippen LogP) is 4.95. The van der Waals surface area contributed by atoms with Gasteiger partial charge in [0.05, 0.1) is 19.2 Å². The molecule has 1 aromatic heterocycles. The summed E-state index contributed by atoms with van der Waals surface area (Å²) in [6.45, 7) is 2.69. The molecule has 3 aromatic rings. The number of pyridine rings is 1. The highest BCUT2D eigenvalue weighted by molar-refractivity contribution is 5.82. The number of fused-ring (bicyclic) bond motifs is 1. The lowest BCUT2D eigenvalue weighted by Gasteiger charge is -2.30. The summed E-state index contributed by atoms with van der Waals surface area (Å²) in [7, 11) is 1.64. The Balaban J connectivity index is 1.68. The Labute approximate surface area is 183 Å². The maximum Gasteiger partial charge on any atom is 0.253 e. The zero-order valence-corrected chi connectivity index (χ0v) is 18.3. The highest BCUT2D eigenvalue weighted by Gasteiger charge is 2.27. The van der Waals surface area contributed by atoms with Gasteiger partial charge < -0.3 is 14.6 Å². The Morgan fingerprint density at radius 3 is 2.55 bits per heavy atom. The van der Waals surface area contributed by atoms with Crippen LogP contribution in [-0.2, 0) is 17.9 Å². The number of benzene rings is 2. The van der Waals surface area contributed by atoms with Gasteiger partial charge in [0.1, 0.15) is 5.75 Å². The Bertz CT molecular complexity index is 1130. The molecule has 1 saturated carbocycles. The summed E-state index contributed by atoms with van der Waals surface area (Å²) in [5, 5.41) is 0.983. The number of hydrogen-bond acceptors (Lipinski definition) is 3. The van der Waals surface area contributed by atoms with Crippen molar-refractivity contribution in [1.82, 2.24) is 9.88 Å². The molecular weight excluding hydrogens is 388 g/mol. The van der Waals surface area contributed by atoms with Crippen LogP contribution in [-0.4, -0.2) is 22.9 Å². The Morgan fingerprint density at radius 2 is 1.77 bits per heavy atom. The van der Waals surface area contributed by atoms with E-state index in [1.807, 2.05) is 60.4 Å². The van der Waals surface area contributed by atoms with E-state index in [-0.39, 0.29) is 23.9 Å². The molecule has 4 rings (SSSR count). The van der Waals surface area contributed by atoms with Crippen molar-refractivity contribution in [3.8, 4) is 5.75 Å². The van der Waals surface area contributed by atoms with Crippen molar-refractivity contribution in [3.63, 3.8) is 0 Å². The highest BCUT2D eigenvalue weighted by atomic mass is 16.5. The molecule has 1 amide bonds. The molecule has 5 nitrogen and oxygen atoms in total. The fraction of sp³-hybridized carbons (Fsp3) is 0.385. The maximum absolute atomic E-state index is 13.5. The minimum absolute atomic E-state index is 0.0326. The number of carbonyl (C=O) groups excluding carboxylic acids is 1. The van der Waals surface area contributed by atoms with Gasteiger partial charge in [0.25, 0.3) is 5.56 Å². The third-order valence-electron chi connectivity index (χ3n) is 6.35. The van der Waals surface area contributed by atoms with E-state index < -0.39 is 0 Å². The van der Waals surface area contributed by atoms with Gasteiger partial charge in [-0.1, -0.05) is 55.7 Å². The van der Waals surface area contributed by atoms with Crippen LogP contribution in [0.5, 0.6) is 5.75 Å². The first-order valence-electron chi connectivity index (χ1n) is 11.1. The lowest BCUT2D eigenvalue weighted by Crippen LogP contribution is -2.37. The van der Waals surface area contributed by atoms with Gasteiger partial charge in [-0.15, -0.1) is 0 Å². The third kappa shape index (κ3) is 4.66. The summed E-state index contributed by atoms with van der Waals surface area (Å²) >= 11 is 0. The number of ether oxygens (including phenoxy) is 1. The maximum atomic E-state index is 13.5. The van der Waals surface area contributed by atoms with E-state index in [4.69, 9.17) is 4.74 Å². The number of hydrogen-bond donors (Lipinski definition) is 1. The van der Waals surface area contributed by atoms with E-state index in [0.29, 0.717) is 12.1 Å². The summed E-state index contributed by atoms with van der Waals surface area (Å²) in [5.41, 5.74) is 3.30. The van der Waals surface area contributed by atoms with Gasteiger partial charge in [0.2, 0.25) is 5.91 Å². The molecule has 31 heavy (non-hydrogen) atoms. The van der Waals surface area contributed by atoms with Crippen LogP contribution in [0.15, 0.2) is 53.3 Å². The smallest absolute Gasteiger partial charge is 0.253 e. The summed E-state index contributed by atoms with van der Waals surface area (Å²) in [4.78, 5) is 31.2. The van der Waals surface area contributed by atoms with E-state index in [9.17, 15) is 9.59 Å². The number of aromatic amines is 1. The van der Waals surface area contributed by atoms with Gasteiger partial charge in [-0.25, -0.2) is 0 Å². The molecule has 5 heteroatoms. The first kappa shape index (κ1) is 21.2. The van der Waals surface area contributed by atoms with Crippen molar-refractivity contribution in [1.29, 1.82) is 0 Å². The van der Waals surface area contributed by atoms with Gasteiger partial charge in [-0.2, -0.15) is 0 Å². The summed E-state index contributed by atoms with van der Waals surface area (Å²) < 4.78 is 5.51. The molecule has 2 aromatic carbocycles. The fourth-order valence-electron chi connectivity index (χ4n) is 4.61. The minimum Gasteiger partial charge on any atom is -0.496 e. The lowest BCUT2D eigenvalue weighted by molar-refractivity contribution is -0.137. The molecule has 0 radical (unpaired) electrons. The minimum atomic E-state index is -0.136. The zero-order chi connectivity index (χ0) is 21.8. The number of rotatable bonds is 6. The van der Waals surface area contributed by atoms with Gasteiger partial charge in [-0.3, -0.25) is 9.59 Å². The molecule has 1 heterocycles. The van der Waals surface area contributed by atoms with Crippen molar-refractivity contribution in [2.45, 2.75) is 52.1 Å². The van der Waals surface area contributed by atoms with Crippen molar-refractivity contribution in [3.05, 3.63) is 75.6 Å². The van der Waals surface area contributed by atoms with Crippen molar-refractivity contribution in [2.75, 3.05) is 7.11 Å². The topological polar surface area (TPSA) is 62.4 Å². The molecular formula is C26H30N2O3. The summed E-state index contributed by atoms with van der Waals surface area (Å²) in [6, 6.07) is 15.6. The number of nitrogens with zero attached hydrogens (tertiary/aromatic N) is 1. The molecule has 1 fully saturated rings. The van der Waals surface area contributed by atoms with Crippen LogP contribution in [0, 0.1) is 12.8 Å². The van der Waals surface area contributed by atoms with Gasteiger partial charge in [0.15, 0.2) is 0 Å². The zero-order valence-electron chi connectivity index (χ0n) is 18.3. The average molecular weight is 419 g/mol. The van der Waals surface area contributed by atoms with Crippen molar-refractivity contribution in [2.24, 2.45) is 5.92 Å². The standard InChI is InChI=1S/C26H30N2O3/c1-18-9-8-13-20-15-22(25(29)27-24(18)20)17-28(26(30)19-10-4-3-5-11-19)16-21-12-6-7-14-23(21)31-2/h6-9,12-15,19H,3-5,10-11,16-17H2,1-2H3,(H,27,29). The van der Waals surface area contributed by atoms with E-state index in [0.717, 1.165) is 53.5 Å². The van der Waals surface area contributed by atoms with Crippen molar-refractivity contribution >= 4 is 16.8 Å². The molecule has 0 bridgehead atoms. The SMILES string of the molecule is COc1ccccc1CN(Cc1cc2cccc(C)c2[nH]c1=O)C(=O)C1CCCCC1. The van der Waals surface area contributed by atoms with Crippen molar-refractivity contribution < 1.29 is 9.53 Å². The first-order valence-corrected chi connectivity index (χ1v) is 11.1. The summed E-state index contributed by atoms with van der Waals surface area (Å²) in [5.74, 6) is 0.923. The number of aryl methyl sites for hydroxylation is 1. The molecule has 1 aliphatic rings. The number of methoxy groups -OCH3 is 1. The number of nitrogens with one attached hydrogen (secondary N) is 1. The van der Waals surface area contributed by atoms with Crippen LogP contribution < -0.4 is 10.3 Å². The normalized spacial score (nSPS) is 14.5. The third-order valence-corrected chi connectivity index (χ3v) is 6.35. The Hall–Kier alpha value is -3.08. The number of aromatic nitrogens is 1. The van der Waals surface area contributed by atoms with Crippen LogP contribution in [0.4, 0.5) is 0 Å². The van der Waals surface area contributed by atoms with Crippen LogP contribution in [0.1, 0.15) is 48.8 Å². The van der Waals surface area contributed by atoms with E-state index in [2.05, 4.69) is 4.98 Å². The predicted molar refractivity (Wildman–Crippen MR) is 123 cm³/mol. The molecule has 0 saturated heterocycles. The second-order valence-corrected chi connectivity index (χ2v) is 8.50. The molecule has 1 N–H and O–H groups in total. The number of H-pyrrole nitrogens is 1. The van der Waals surface area contributed by atoms with E-state index in [1.54, 1.807) is 7.11 Å². The molecule has 1 aliphatic carbocycles. The first-order chi connectivity index (χ1) is 15.1. The van der Waals surface area contributed by atoms with Crippen LogP contribution >= 0.6 is 0 Å². The van der Waals surface area contributed by atoms with E-state index in [1.165, 1.54) is 6.42 Å². The molecule has 0 atom stereocenters. The number of amides is 1. The molecule has 0 aliphatic heterocycles. The highest BCUT2D eigenvalue weighted by Crippen LogP contribution is 2.28. The van der Waals surface area contributed by atoms with Gasteiger partial charge in [0, 0.05) is 23.6 Å². The number of carbonyl (C=O) groups is 1. The Kier molecular flexibility index (Phi) is 6.40. The van der Waals surface area contributed by atoms with Crippen LogP contribution in [0.25, 0.3) is 10.9 Å². The van der Waals surface area contributed by atoms with Crippen LogP contribution in [0.3, 0.4) is 0 Å². The van der Waals surface area contributed by atoms with E-state index >= 15 is 0 Å². The molecule has 0 unspecified atom stereocenters. The average Bonchev–Trinajstić information content (AvgIpc) is 2.80. The van der Waals surface area contributed by atoms with Crippen LogP contribution in [0.2, 0.25) is 0 Å². The number of para-hydroxylation sites is 2. The van der Waals surface area contributed by atoms with Gasteiger partial charge in [-0.05, 0) is 42.8 Å². The molecule has 0 spiro atoms. The van der Waals surface area contributed by atoms with Gasteiger partial charge >= 0.3 is 0 Å². The fourth-order valence-corrected chi connectivity index (χ4v) is 4.61. The largest absolute Gasteiger partial charge is 0.496 e. The second-order valence-electron chi connectivity index (χ2n) is 8.50. The monoisotopic (exact) mass is 418 g/mol. The molecule has 162 valence electrons. The Morgan fingerprint density at radius 1 is 1.03 bits per heavy atom. The summed E-state index contributed by atoms with van der Waals surface area (Å²) in [6.07, 6.45) is 5.23. The second kappa shape index (κ2) is 9.38.